The van der Waals surface area contributed by atoms with Crippen molar-refractivity contribution in [3.05, 3.63) is 478 Å². The van der Waals surface area contributed by atoms with Crippen LogP contribution < -0.4 is 75.5 Å². The molecule has 728 valence electrons. The molecule has 0 bridgehead atoms. The zero-order valence-electron chi connectivity index (χ0n) is 72.7. The van der Waals surface area contributed by atoms with E-state index in [1.54, 1.807) is 0 Å². The lowest BCUT2D eigenvalue weighted by Crippen LogP contribution is -2.81. The quantitative estimate of drug-likeness (QED) is 0.0176. The Morgan fingerprint density at radius 3 is 0.408 bits per heavy atom. The fraction of sp³-hybridized carbons (Fsp3) is 0.0377. The summed E-state index contributed by atoms with van der Waals surface area (Å²) in [6.45, 7) is 26.6. The van der Waals surface area contributed by atoms with E-state index in [0.717, 1.165) is 11.8 Å². The van der Waals surface area contributed by atoms with E-state index in [-0.39, 0.29) is 48.6 Å². The molecule has 36 heteroatoms. The van der Waals surface area contributed by atoms with Crippen LogP contribution in [0.15, 0.2) is 247 Å². The van der Waals surface area contributed by atoms with Crippen molar-refractivity contribution in [1.29, 1.82) is 0 Å². The van der Waals surface area contributed by atoms with Gasteiger partial charge in [0.15, 0.2) is 93.1 Å². The minimum atomic E-state index is -6.71. The van der Waals surface area contributed by atoms with Gasteiger partial charge in [-0.2, -0.15) is 0 Å². The van der Waals surface area contributed by atoms with Crippen molar-refractivity contribution in [2.75, 3.05) is 6.16 Å². The van der Waals surface area contributed by atoms with E-state index >= 15 is 140 Å². The summed E-state index contributed by atoms with van der Waals surface area (Å²) >= 11 is 0. The van der Waals surface area contributed by atoms with Crippen LogP contribution in [-0.4, -0.2) is 24.1 Å². The Morgan fingerprint density at radius 1 is 0.183 bits per heavy atom. The van der Waals surface area contributed by atoms with Crippen molar-refractivity contribution in [1.82, 2.24) is 0 Å². The molecule has 14 aromatic rings. The van der Waals surface area contributed by atoms with Gasteiger partial charge in [0, 0.05) is 0 Å². The third-order valence-electron chi connectivity index (χ3n) is 24.3. The first kappa shape index (κ1) is 106. The molecule has 142 heavy (non-hydrogen) atoms. The molecule has 0 saturated heterocycles. The largest absolute Gasteiger partial charge is 0.207 e. The average molecular weight is 2030 g/mol. The van der Waals surface area contributed by atoms with Crippen LogP contribution in [0.4, 0.5) is 140 Å². The molecule has 0 aromatic heterocycles. The van der Waals surface area contributed by atoms with E-state index < -0.39 is 301 Å². The third-order valence-corrected chi connectivity index (χ3v) is 33.6. The summed E-state index contributed by atoms with van der Waals surface area (Å²) in [6.07, 6.45) is -7.50. The van der Waals surface area contributed by atoms with Crippen molar-refractivity contribution in [2.45, 2.75) is 18.5 Å². The van der Waals surface area contributed by atoms with Crippen LogP contribution in [0.1, 0.15) is 57.3 Å². The van der Waals surface area contributed by atoms with E-state index in [9.17, 15) is 0 Å². The SMILES string of the molecule is C=CC[P+](c1ccccc1)(c1ccccc1)c1ccccc1.C=Cc1c(F)c(F)c([B-](c2c(F)c(F)c(C=C)c(F)c2F)(c2c(F)c(F)c(C=C)c(F)c2F)c2c(F)c(F)c(C=C)c(F)c2F)c(F)c1F.C=Cc1c(F)c(F)c([B-](c2c(F)c(F)c(C=C)c(F)c2F)(c2c(F)c(F)c(C=C)c(F)c2F)c2c(F)c(F)c(C=C)c(F)c2F)c(F)c1F.c1ccc([P+](c2ccccc2)(c2ccccc2)C2CC2)cc1. The number of benzene rings is 14. The second-order valence-electron chi connectivity index (χ2n) is 31.3. The Bertz CT molecular complexity index is 6120. The van der Waals surface area contributed by atoms with Gasteiger partial charge in [0.2, 0.25) is 0 Å². The van der Waals surface area contributed by atoms with Gasteiger partial charge >= 0.3 is 0 Å². The summed E-state index contributed by atoms with van der Waals surface area (Å²) in [4.78, 5) is 0. The molecule has 0 atom stereocenters. The zero-order chi connectivity index (χ0) is 104. The zero-order valence-corrected chi connectivity index (χ0v) is 74.5. The first-order chi connectivity index (χ1) is 67.5. The van der Waals surface area contributed by atoms with E-state index in [0.29, 0.717) is 0 Å². The lowest BCUT2D eigenvalue weighted by Gasteiger charge is -2.45. The second-order valence-corrected chi connectivity index (χ2v) is 38.5. The molecule has 15 rings (SSSR count). The predicted octanol–water partition coefficient (Wildman–Crippen LogP) is 24.0. The highest BCUT2D eigenvalue weighted by atomic mass is 31.2. The molecule has 14 aromatic carbocycles. The first-order valence-electron chi connectivity index (χ1n) is 41.4. The number of halogens is 32. The maximum absolute atomic E-state index is 16.1. The molecular weight excluding hydrogens is 1960 g/mol. The molecule has 1 saturated carbocycles. The van der Waals surface area contributed by atoms with Gasteiger partial charge in [0.05, 0.1) is 56.3 Å². The fourth-order valence-electron chi connectivity index (χ4n) is 18.1. The third kappa shape index (κ3) is 17.0. The monoisotopic (exact) mass is 2030 g/mol. The van der Waals surface area contributed by atoms with E-state index in [1.165, 1.54) is 44.7 Å². The van der Waals surface area contributed by atoms with Gasteiger partial charge in [-0.1, -0.05) is 223 Å². The number of hydrogen-bond acceptors (Lipinski definition) is 0. The van der Waals surface area contributed by atoms with Gasteiger partial charge in [0.1, 0.15) is 152 Å². The molecule has 0 aliphatic heterocycles. The molecule has 0 heterocycles. The van der Waals surface area contributed by atoms with E-state index in [4.69, 9.17) is 0 Å². The van der Waals surface area contributed by atoms with Gasteiger partial charge in [0.25, 0.3) is 0 Å². The molecule has 0 unspecified atom stereocenters. The van der Waals surface area contributed by atoms with Crippen LogP contribution >= 0.6 is 14.5 Å². The summed E-state index contributed by atoms with van der Waals surface area (Å²) in [5.74, 6) is -95.0. The smallest absolute Gasteiger partial charge is 0.165 e. The molecule has 0 N–H and O–H groups in total. The van der Waals surface area contributed by atoms with E-state index in [1.807, 2.05) is 0 Å². The maximum atomic E-state index is 16.1. The van der Waals surface area contributed by atoms with Crippen LogP contribution in [0.2, 0.25) is 0 Å². The van der Waals surface area contributed by atoms with Gasteiger partial charge in [-0.15, -0.1) is 43.7 Å². The summed E-state index contributed by atoms with van der Waals surface area (Å²) in [5, 5.41) is 8.80. The Balaban J connectivity index is 0.000000180. The molecule has 1 aliphatic carbocycles. The minimum absolute atomic E-state index is 0.0213. The van der Waals surface area contributed by atoms with Crippen LogP contribution in [0.5, 0.6) is 0 Å². The summed E-state index contributed by atoms with van der Waals surface area (Å²) < 4.78 is 503. The van der Waals surface area contributed by atoms with Crippen molar-refractivity contribution < 1.29 is 140 Å². The maximum Gasteiger partial charge on any atom is 0.165 e. The lowest BCUT2D eigenvalue weighted by atomic mass is 9.12. The molecule has 0 spiro atoms. The lowest BCUT2D eigenvalue weighted by molar-refractivity contribution is 0.450. The topological polar surface area (TPSA) is 0 Å². The Hall–Kier alpha value is -14.5. The molecule has 0 amide bonds. The molecular formula is C106H64B2F32P2. The molecule has 0 radical (unpaired) electrons. The van der Waals surface area contributed by atoms with Crippen LogP contribution in [0, 0.1) is 186 Å². The van der Waals surface area contributed by atoms with Gasteiger partial charge in [-0.3, -0.25) is 0 Å². The Kier molecular flexibility index (Phi) is 31.8. The molecule has 1 fully saturated rings. The number of rotatable bonds is 25. The van der Waals surface area contributed by atoms with Crippen molar-refractivity contribution in [3.63, 3.8) is 0 Å². The van der Waals surface area contributed by atoms with Crippen molar-refractivity contribution in [3.8, 4) is 0 Å². The fourth-order valence-corrected chi connectivity index (χ4v) is 27.0. The second kappa shape index (κ2) is 42.5. The van der Waals surface area contributed by atoms with Crippen molar-refractivity contribution >= 4 is 151 Å². The predicted molar refractivity (Wildman–Crippen MR) is 498 cm³/mol. The number of allylic oxidation sites excluding steroid dienone is 1. The standard InChI is InChI=1S/2C32H12BF16.2C21H20P/c2*1-5-9-17(34)25(42)13(26(43)18(9)35)33(14-27(44)19(36)10(6-2)20(37)28(14)45,15-29(46)21(38)11(7-3)22(39)30(15)47)16-31(48)23(40)12(8-4)24(41)32(16)49;1-4-10-18(11-5-1)22(21-16-17-21,19-12-6-2-7-13-19)20-14-8-3-9-15-20;1-2-18-22(19-12-6-3-7-13-19,20-14-8-4-9-15-20)21-16-10-5-11-17-21/h2*5-8H,1-4H2;1-15,21H,16-17H2;2-17H,1,18H2/q2*-1;2*+1. The van der Waals surface area contributed by atoms with Crippen LogP contribution in [0.25, 0.3) is 48.6 Å². The van der Waals surface area contributed by atoms with Crippen molar-refractivity contribution in [2.24, 2.45) is 0 Å². The van der Waals surface area contributed by atoms with Gasteiger partial charge in [-0.05, 0) is 85.6 Å². The highest BCUT2D eigenvalue weighted by molar-refractivity contribution is 7.96. The van der Waals surface area contributed by atoms with Crippen LogP contribution in [-0.2, 0) is 0 Å². The minimum Gasteiger partial charge on any atom is -0.207 e. The summed E-state index contributed by atoms with van der Waals surface area (Å²) in [7, 11) is -3.19. The summed E-state index contributed by atoms with van der Waals surface area (Å²) in [6, 6.07) is 66.2. The summed E-state index contributed by atoms with van der Waals surface area (Å²) in [5.41, 5.74) is -38.5. The van der Waals surface area contributed by atoms with Crippen LogP contribution in [0.3, 0.4) is 0 Å². The highest BCUT2D eigenvalue weighted by Gasteiger charge is 2.59. The molecule has 1 aliphatic rings. The average Bonchev–Trinajstić information content (AvgIpc) is 0.888. The first-order valence-corrected chi connectivity index (χ1v) is 45.3. The number of hydrogen-bond donors (Lipinski definition) is 0. The Labute approximate surface area is 790 Å². The Morgan fingerprint density at radius 2 is 0.303 bits per heavy atom. The van der Waals surface area contributed by atoms with Gasteiger partial charge < -0.3 is 0 Å². The van der Waals surface area contributed by atoms with Gasteiger partial charge in [-0.25, -0.2) is 140 Å². The van der Waals surface area contributed by atoms with E-state index in [2.05, 4.69) is 247 Å². The highest BCUT2D eigenvalue weighted by Crippen LogP contribution is 2.67. The normalized spacial score (nSPS) is 12.0. The molecule has 0 nitrogen and oxygen atoms in total.